The van der Waals surface area contributed by atoms with Gasteiger partial charge in [0.25, 0.3) is 0 Å². The second kappa shape index (κ2) is 9.68. The molecule has 108 valence electrons. The van der Waals surface area contributed by atoms with Crippen molar-refractivity contribution >= 4 is 13.4 Å². The third kappa shape index (κ3) is 7.27. The van der Waals surface area contributed by atoms with Gasteiger partial charge in [0.2, 0.25) is 0 Å². The van der Waals surface area contributed by atoms with Crippen molar-refractivity contribution in [3.8, 4) is 0 Å². The zero-order chi connectivity index (χ0) is 14.0. The van der Waals surface area contributed by atoms with Crippen LogP contribution in [0.2, 0.25) is 0 Å². The van der Waals surface area contributed by atoms with Crippen LogP contribution in [0.4, 0.5) is 0 Å². The van der Waals surface area contributed by atoms with Crippen LogP contribution >= 0.6 is 7.60 Å². The van der Waals surface area contributed by atoms with E-state index in [1.54, 1.807) is 7.11 Å². The fourth-order valence-electron chi connectivity index (χ4n) is 1.68. The van der Waals surface area contributed by atoms with Gasteiger partial charge in [-0.25, -0.2) is 0 Å². The summed E-state index contributed by atoms with van der Waals surface area (Å²) >= 11 is 0. The minimum atomic E-state index is -3.19. The molecule has 0 spiro atoms. The summed E-state index contributed by atoms with van der Waals surface area (Å²) in [4.78, 5) is 11.6. The van der Waals surface area contributed by atoms with Gasteiger partial charge < -0.3 is 13.8 Å². The monoisotopic (exact) mass is 280 g/mol. The van der Waals surface area contributed by atoms with E-state index in [2.05, 4.69) is 6.92 Å². The fourth-order valence-corrected chi connectivity index (χ4v) is 2.68. The van der Waals surface area contributed by atoms with Crippen LogP contribution in [0.1, 0.15) is 39.0 Å². The number of hydrogen-bond donors (Lipinski definition) is 0. The molecule has 0 bridgehead atoms. The Hall–Kier alpha value is -0.220. The van der Waals surface area contributed by atoms with Gasteiger partial charge in [0.15, 0.2) is 0 Å². The maximum Gasteiger partial charge on any atom is 0.337 e. The van der Waals surface area contributed by atoms with E-state index in [1.165, 1.54) is 14.2 Å². The number of Topliss-reactive ketones (excluding diaryl/α,β-unsaturated/α-hetero) is 1. The van der Waals surface area contributed by atoms with Crippen molar-refractivity contribution in [1.82, 2.24) is 0 Å². The highest BCUT2D eigenvalue weighted by molar-refractivity contribution is 7.54. The van der Waals surface area contributed by atoms with Crippen LogP contribution < -0.4 is 0 Å². The molecule has 0 saturated heterocycles. The maximum atomic E-state index is 11.7. The Morgan fingerprint density at radius 1 is 1.17 bits per heavy atom. The van der Waals surface area contributed by atoms with Gasteiger partial charge in [0, 0.05) is 27.8 Å². The quantitative estimate of drug-likeness (QED) is 0.430. The highest BCUT2D eigenvalue weighted by atomic mass is 31.2. The van der Waals surface area contributed by atoms with E-state index in [9.17, 15) is 9.36 Å². The second-order valence-electron chi connectivity index (χ2n) is 4.18. The average Bonchev–Trinajstić information content (AvgIpc) is 2.38. The molecule has 5 nitrogen and oxygen atoms in total. The van der Waals surface area contributed by atoms with E-state index >= 15 is 0 Å². The molecule has 0 saturated carbocycles. The van der Waals surface area contributed by atoms with E-state index in [0.717, 1.165) is 25.7 Å². The van der Waals surface area contributed by atoms with Gasteiger partial charge in [-0.3, -0.25) is 9.36 Å². The number of hydrogen-bond acceptors (Lipinski definition) is 5. The summed E-state index contributed by atoms with van der Waals surface area (Å²) in [5.41, 5.74) is 0. The lowest BCUT2D eigenvalue weighted by molar-refractivity contribution is -0.117. The highest BCUT2D eigenvalue weighted by Gasteiger charge is 2.24. The number of methoxy groups -OCH3 is 1. The normalized spacial score (nSPS) is 13.6. The third-order valence-corrected chi connectivity index (χ3v) is 4.80. The summed E-state index contributed by atoms with van der Waals surface area (Å²) in [6, 6.07) is 0. The number of carbonyl (C=O) groups excluding carboxylic acids is 1. The summed E-state index contributed by atoms with van der Waals surface area (Å²) in [7, 11) is 1.10. The molecule has 0 rings (SSSR count). The lowest BCUT2D eigenvalue weighted by atomic mass is 10.1. The van der Waals surface area contributed by atoms with Gasteiger partial charge in [-0.1, -0.05) is 13.3 Å². The molecule has 0 radical (unpaired) electrons. The minimum absolute atomic E-state index is 0.0764. The third-order valence-electron chi connectivity index (χ3n) is 2.95. The first-order valence-corrected chi connectivity index (χ1v) is 7.99. The van der Waals surface area contributed by atoms with Crippen LogP contribution in [0.5, 0.6) is 0 Å². The lowest BCUT2D eigenvalue weighted by Crippen LogP contribution is -2.10. The molecular weight excluding hydrogens is 255 g/mol. The first kappa shape index (κ1) is 17.8. The second-order valence-corrected chi connectivity index (χ2v) is 6.45. The van der Waals surface area contributed by atoms with Crippen molar-refractivity contribution in [3.63, 3.8) is 0 Å². The Morgan fingerprint density at radius 3 is 2.22 bits per heavy atom. The zero-order valence-corrected chi connectivity index (χ0v) is 12.7. The Labute approximate surface area is 110 Å². The molecule has 0 aliphatic carbocycles. The Morgan fingerprint density at radius 2 is 1.78 bits per heavy atom. The molecule has 0 aliphatic rings. The largest absolute Gasteiger partial charge is 0.381 e. The van der Waals surface area contributed by atoms with Crippen molar-refractivity contribution in [2.24, 2.45) is 0 Å². The summed E-state index contributed by atoms with van der Waals surface area (Å²) < 4.78 is 26.4. The standard InChI is InChI=1S/C12H25O5P/c1-5-12(15-2)9-7-6-8-11(13)10-18(14,16-3)17-4/h12H,5-10H2,1-4H3. The number of ether oxygens (including phenoxy) is 1. The van der Waals surface area contributed by atoms with Gasteiger partial charge in [-0.15, -0.1) is 0 Å². The van der Waals surface area contributed by atoms with Gasteiger partial charge in [-0.2, -0.15) is 0 Å². The summed E-state index contributed by atoms with van der Waals surface area (Å²) in [6.07, 6.45) is 4.19. The van der Waals surface area contributed by atoms with Crippen LogP contribution in [-0.4, -0.2) is 39.4 Å². The van der Waals surface area contributed by atoms with Gasteiger partial charge in [-0.05, 0) is 19.3 Å². The number of rotatable bonds is 11. The number of carbonyl (C=O) groups is 1. The summed E-state index contributed by atoms with van der Waals surface area (Å²) in [6.45, 7) is 2.08. The lowest BCUT2D eigenvalue weighted by Gasteiger charge is -2.13. The zero-order valence-electron chi connectivity index (χ0n) is 11.8. The van der Waals surface area contributed by atoms with Crippen molar-refractivity contribution < 1.29 is 23.1 Å². The molecule has 0 amide bonds. The number of ketones is 1. The first-order valence-electron chi connectivity index (χ1n) is 6.26. The predicted molar refractivity (Wildman–Crippen MR) is 71.1 cm³/mol. The molecule has 0 fully saturated rings. The number of unbranched alkanes of at least 4 members (excludes halogenated alkanes) is 1. The van der Waals surface area contributed by atoms with E-state index < -0.39 is 7.60 Å². The van der Waals surface area contributed by atoms with Crippen LogP contribution in [0, 0.1) is 0 Å². The topological polar surface area (TPSA) is 61.8 Å². The summed E-state index contributed by atoms with van der Waals surface area (Å²) in [5, 5.41) is 0. The fraction of sp³-hybridized carbons (Fsp3) is 0.917. The smallest absolute Gasteiger partial charge is 0.337 e. The molecule has 1 atom stereocenters. The maximum absolute atomic E-state index is 11.7. The van der Waals surface area contributed by atoms with Crippen molar-refractivity contribution in [3.05, 3.63) is 0 Å². The van der Waals surface area contributed by atoms with Gasteiger partial charge in [0.05, 0.1) is 6.10 Å². The molecule has 0 heterocycles. The van der Waals surface area contributed by atoms with E-state index in [4.69, 9.17) is 13.8 Å². The molecule has 0 aromatic heterocycles. The van der Waals surface area contributed by atoms with E-state index in [0.29, 0.717) is 6.42 Å². The Balaban J connectivity index is 3.81. The highest BCUT2D eigenvalue weighted by Crippen LogP contribution is 2.46. The van der Waals surface area contributed by atoms with Gasteiger partial charge >= 0.3 is 7.60 Å². The molecule has 18 heavy (non-hydrogen) atoms. The average molecular weight is 280 g/mol. The molecular formula is C12H25O5P. The summed E-state index contributed by atoms with van der Waals surface area (Å²) in [5.74, 6) is -0.0764. The first-order chi connectivity index (χ1) is 8.51. The molecule has 0 aromatic carbocycles. The molecule has 0 aliphatic heterocycles. The van der Waals surface area contributed by atoms with E-state index in [1.807, 2.05) is 0 Å². The SMILES string of the molecule is CCC(CCCCC(=O)CP(=O)(OC)OC)OC. The molecule has 0 aromatic rings. The van der Waals surface area contributed by atoms with Crippen LogP contribution in [0.3, 0.4) is 0 Å². The van der Waals surface area contributed by atoms with Crippen LogP contribution in [0.25, 0.3) is 0 Å². The molecule has 0 N–H and O–H groups in total. The van der Waals surface area contributed by atoms with Crippen molar-refractivity contribution in [1.29, 1.82) is 0 Å². The molecule has 1 unspecified atom stereocenters. The van der Waals surface area contributed by atoms with Crippen LogP contribution in [0.15, 0.2) is 0 Å². The van der Waals surface area contributed by atoms with Crippen molar-refractivity contribution in [2.75, 3.05) is 27.5 Å². The Kier molecular flexibility index (Phi) is 9.56. The predicted octanol–water partition coefficient (Wildman–Crippen LogP) is 3.03. The van der Waals surface area contributed by atoms with E-state index in [-0.39, 0.29) is 18.0 Å². The van der Waals surface area contributed by atoms with Crippen molar-refractivity contribution in [2.45, 2.75) is 45.1 Å². The Bertz CT molecular complexity index is 268. The molecule has 6 heteroatoms. The van der Waals surface area contributed by atoms with Crippen LogP contribution in [-0.2, 0) is 23.1 Å². The van der Waals surface area contributed by atoms with Gasteiger partial charge in [0.1, 0.15) is 11.9 Å². The minimum Gasteiger partial charge on any atom is -0.381 e.